The number of ether oxygens (including phenoxy) is 1. The van der Waals surface area contributed by atoms with Gasteiger partial charge in [0.15, 0.2) is 5.50 Å². The summed E-state index contributed by atoms with van der Waals surface area (Å²) in [6.07, 6.45) is -9.02. The standard InChI is InChI=1S/C42H46F6N8O5S/c1-24(2)30-19-29(56-39(62)55(38(60)40(56,3)4)28-9-8-25(21-49)31(20-28)41(43,44)45)10-12-33(30)61-17-16-53-14-15-54(34(22-53)42(46,47)48)23-36(58)51-27-7-5-6-26(18-27)50-32-11-13-35(57)52-37(32)59/h5-10,12,18-20,24,32,34,39,50,62H,11,13-17,22-23H2,1-4H3,(H,51,58)(H,52,57,59)/t32?,34-,39+/m0/s1. The topological polar surface area (TPSA) is 150 Å². The molecule has 4 amide bonds. The van der Waals surface area contributed by atoms with Gasteiger partial charge in [-0.05, 0) is 86.3 Å². The minimum Gasteiger partial charge on any atom is -0.492 e. The second-order valence-electron chi connectivity index (χ2n) is 16.1. The van der Waals surface area contributed by atoms with Crippen LogP contribution in [0.5, 0.6) is 5.75 Å². The smallest absolute Gasteiger partial charge is 0.417 e. The number of amides is 4. The van der Waals surface area contributed by atoms with Crippen LogP contribution in [-0.4, -0.2) is 102 Å². The van der Waals surface area contributed by atoms with E-state index in [0.29, 0.717) is 28.4 Å². The van der Waals surface area contributed by atoms with Crippen molar-refractivity contribution in [2.24, 2.45) is 0 Å². The highest BCUT2D eigenvalue weighted by Gasteiger charge is 2.52. The molecule has 3 aromatic carbocycles. The summed E-state index contributed by atoms with van der Waals surface area (Å²) in [5.41, 5.74) is -2.11. The van der Waals surface area contributed by atoms with Crippen molar-refractivity contribution in [1.29, 1.82) is 5.26 Å². The van der Waals surface area contributed by atoms with E-state index in [2.05, 4.69) is 28.6 Å². The predicted octanol–water partition coefficient (Wildman–Crippen LogP) is 6.33. The van der Waals surface area contributed by atoms with E-state index in [-0.39, 0.29) is 56.6 Å². The Balaban J connectivity index is 1.07. The number of halogens is 6. The molecule has 3 aliphatic rings. The molecule has 3 aromatic rings. The number of carbonyl (C=O) groups excluding carboxylic acids is 4. The van der Waals surface area contributed by atoms with Crippen LogP contribution in [0.1, 0.15) is 63.1 Å². The van der Waals surface area contributed by atoms with Crippen LogP contribution in [0, 0.1) is 11.3 Å². The molecule has 332 valence electrons. The lowest BCUT2D eigenvalue weighted by atomic mass is 9.98. The molecule has 0 saturated carbocycles. The number of imide groups is 1. The lowest BCUT2D eigenvalue weighted by Crippen LogP contribution is -2.60. The Morgan fingerprint density at radius 2 is 1.71 bits per heavy atom. The number of piperidine rings is 1. The molecule has 62 heavy (non-hydrogen) atoms. The van der Waals surface area contributed by atoms with E-state index >= 15 is 0 Å². The number of anilines is 4. The fourth-order valence-corrected chi connectivity index (χ4v) is 8.52. The molecule has 13 nitrogen and oxygen atoms in total. The van der Waals surface area contributed by atoms with E-state index in [1.165, 1.54) is 12.1 Å². The van der Waals surface area contributed by atoms with Crippen LogP contribution in [0.25, 0.3) is 0 Å². The fourth-order valence-electron chi connectivity index (χ4n) is 7.86. The zero-order chi connectivity index (χ0) is 45.3. The molecule has 3 heterocycles. The maximum atomic E-state index is 14.4. The van der Waals surface area contributed by atoms with Crippen LogP contribution in [0.2, 0.25) is 0 Å². The van der Waals surface area contributed by atoms with Gasteiger partial charge >= 0.3 is 12.4 Å². The largest absolute Gasteiger partial charge is 0.492 e. The van der Waals surface area contributed by atoms with E-state index in [1.54, 1.807) is 66.1 Å². The van der Waals surface area contributed by atoms with Crippen molar-refractivity contribution in [2.45, 2.75) is 81.9 Å². The zero-order valence-corrected chi connectivity index (χ0v) is 35.1. The van der Waals surface area contributed by atoms with Crippen LogP contribution in [0.3, 0.4) is 0 Å². The Morgan fingerprint density at radius 1 is 1.00 bits per heavy atom. The summed E-state index contributed by atoms with van der Waals surface area (Å²) in [4.78, 5) is 55.9. The molecule has 3 fully saturated rings. The minimum atomic E-state index is -4.84. The van der Waals surface area contributed by atoms with Crippen LogP contribution >= 0.6 is 12.6 Å². The first-order valence-electron chi connectivity index (χ1n) is 19.8. The summed E-state index contributed by atoms with van der Waals surface area (Å²) in [5.74, 6) is -1.68. The number of hydrogen-bond donors (Lipinski definition) is 4. The normalized spacial score (nSPS) is 21.2. The molecule has 3 saturated heterocycles. The number of nitrogens with one attached hydrogen (secondary N) is 3. The maximum Gasteiger partial charge on any atom is 0.417 e. The first kappa shape index (κ1) is 46.0. The Morgan fingerprint density at radius 3 is 2.37 bits per heavy atom. The summed E-state index contributed by atoms with van der Waals surface area (Å²) in [6, 6.07) is 13.5. The van der Waals surface area contributed by atoms with E-state index in [1.807, 2.05) is 13.8 Å². The van der Waals surface area contributed by atoms with Crippen LogP contribution in [-0.2, 0) is 25.4 Å². The summed E-state index contributed by atoms with van der Waals surface area (Å²) in [5, 5.41) is 17.2. The van der Waals surface area contributed by atoms with Gasteiger partial charge in [0.25, 0.3) is 5.91 Å². The Kier molecular flexibility index (Phi) is 13.4. The van der Waals surface area contributed by atoms with Gasteiger partial charge in [0.1, 0.15) is 30.0 Å². The van der Waals surface area contributed by atoms with Gasteiger partial charge in [0.2, 0.25) is 17.7 Å². The van der Waals surface area contributed by atoms with Gasteiger partial charge in [-0.15, -0.1) is 12.6 Å². The Hall–Kier alpha value is -5.52. The van der Waals surface area contributed by atoms with Gasteiger partial charge in [0.05, 0.1) is 23.7 Å². The SMILES string of the molecule is CC(C)c1cc(N2[C@H](S)N(c3ccc(C#N)c(C(F)(F)F)c3)C(=O)C2(C)C)ccc1OCCN1CCN(CC(=O)Nc2cccc(NC3CCC(=O)NC3=O)c2)[C@H](C(F)(F)F)C1. The highest BCUT2D eigenvalue weighted by atomic mass is 32.1. The lowest BCUT2D eigenvalue weighted by Gasteiger charge is -2.41. The third-order valence-electron chi connectivity index (χ3n) is 11.1. The van der Waals surface area contributed by atoms with Gasteiger partial charge in [0, 0.05) is 55.3 Å². The molecule has 3 aliphatic heterocycles. The Bertz CT molecular complexity index is 2250. The highest BCUT2D eigenvalue weighted by Crippen LogP contribution is 2.44. The molecule has 20 heteroatoms. The molecule has 0 spiro atoms. The molecular formula is C42H46F6N8O5S. The number of thiol groups is 1. The number of hydrogen-bond acceptors (Lipinski definition) is 11. The third kappa shape index (κ3) is 10.1. The van der Waals surface area contributed by atoms with Crippen molar-refractivity contribution in [3.8, 4) is 11.8 Å². The van der Waals surface area contributed by atoms with Crippen molar-refractivity contribution in [3.63, 3.8) is 0 Å². The molecule has 0 aliphatic carbocycles. The van der Waals surface area contributed by atoms with Gasteiger partial charge < -0.3 is 20.3 Å². The molecule has 6 rings (SSSR count). The molecule has 3 atom stereocenters. The summed E-state index contributed by atoms with van der Waals surface area (Å²) < 4.78 is 90.8. The number of carbonyl (C=O) groups is 4. The summed E-state index contributed by atoms with van der Waals surface area (Å²) in [6.45, 7) is 6.50. The highest BCUT2D eigenvalue weighted by molar-refractivity contribution is 7.81. The molecular weight excluding hydrogens is 843 g/mol. The van der Waals surface area contributed by atoms with Crippen LogP contribution in [0.15, 0.2) is 60.7 Å². The summed E-state index contributed by atoms with van der Waals surface area (Å²) in [7, 11) is 0. The van der Waals surface area contributed by atoms with E-state index in [4.69, 9.17) is 4.74 Å². The van der Waals surface area contributed by atoms with Crippen molar-refractivity contribution in [3.05, 3.63) is 77.4 Å². The average molecular weight is 889 g/mol. The van der Waals surface area contributed by atoms with Crippen molar-refractivity contribution < 1.29 is 50.3 Å². The second kappa shape index (κ2) is 18.1. The molecule has 1 unspecified atom stereocenters. The van der Waals surface area contributed by atoms with Crippen molar-refractivity contribution in [2.75, 3.05) is 59.8 Å². The van der Waals surface area contributed by atoms with Gasteiger partial charge in [-0.25, -0.2) is 0 Å². The Labute approximate surface area is 359 Å². The molecule has 0 radical (unpaired) electrons. The monoisotopic (exact) mass is 888 g/mol. The van der Waals surface area contributed by atoms with Gasteiger partial charge in [-0.2, -0.15) is 31.6 Å². The van der Waals surface area contributed by atoms with Crippen LogP contribution in [0.4, 0.5) is 49.1 Å². The number of alkyl halides is 6. The van der Waals surface area contributed by atoms with Crippen molar-refractivity contribution >= 4 is 59.0 Å². The minimum absolute atomic E-state index is 0.0320. The number of nitrogens with zero attached hydrogens (tertiary/aromatic N) is 5. The molecule has 3 N–H and O–H groups in total. The fraction of sp³-hybridized carbons (Fsp3) is 0.452. The first-order valence-corrected chi connectivity index (χ1v) is 20.3. The number of benzene rings is 3. The van der Waals surface area contributed by atoms with Crippen LogP contribution < -0.4 is 30.5 Å². The summed E-state index contributed by atoms with van der Waals surface area (Å²) >= 11 is 4.68. The lowest BCUT2D eigenvalue weighted by molar-refractivity contribution is -0.197. The van der Waals surface area contributed by atoms with Gasteiger partial charge in [-0.1, -0.05) is 19.9 Å². The molecule has 0 aromatic heterocycles. The quantitative estimate of drug-likeness (QED) is 0.0924. The average Bonchev–Trinajstić information content (AvgIpc) is 3.37. The first-order chi connectivity index (χ1) is 29.1. The van der Waals surface area contributed by atoms with E-state index < -0.39 is 77.4 Å². The van der Waals surface area contributed by atoms with E-state index in [0.717, 1.165) is 21.9 Å². The van der Waals surface area contributed by atoms with Gasteiger partial charge in [-0.3, -0.25) is 39.2 Å². The third-order valence-corrected chi connectivity index (χ3v) is 11.6. The maximum absolute atomic E-state index is 14.4. The van der Waals surface area contributed by atoms with Crippen molar-refractivity contribution in [1.82, 2.24) is 15.1 Å². The predicted molar refractivity (Wildman–Crippen MR) is 222 cm³/mol. The zero-order valence-electron chi connectivity index (χ0n) is 34.2. The molecule has 0 bridgehead atoms. The number of nitriles is 1. The van der Waals surface area contributed by atoms with E-state index in [9.17, 15) is 50.8 Å². The number of rotatable bonds is 12. The second-order valence-corrected chi connectivity index (χ2v) is 16.6. The number of piperazine rings is 1.